The van der Waals surface area contributed by atoms with Crippen molar-refractivity contribution >= 4 is 11.6 Å². The molecule has 19 heavy (non-hydrogen) atoms. The van der Waals surface area contributed by atoms with Crippen LogP contribution in [0.15, 0.2) is 18.2 Å². The predicted molar refractivity (Wildman–Crippen MR) is 78.8 cm³/mol. The second-order valence-electron chi connectivity index (χ2n) is 6.26. The quantitative estimate of drug-likeness (QED) is 0.873. The smallest absolute Gasteiger partial charge is 0.145 e. The molecule has 1 aliphatic rings. The van der Waals surface area contributed by atoms with E-state index in [4.69, 9.17) is 17.3 Å². The van der Waals surface area contributed by atoms with Gasteiger partial charge in [-0.25, -0.2) is 4.39 Å². The number of halogens is 2. The number of hydrogen-bond acceptors (Lipinski definition) is 1. The van der Waals surface area contributed by atoms with Crippen molar-refractivity contribution in [2.75, 3.05) is 0 Å². The van der Waals surface area contributed by atoms with Crippen LogP contribution in [0.3, 0.4) is 0 Å². The van der Waals surface area contributed by atoms with E-state index in [1.807, 2.05) is 0 Å². The largest absolute Gasteiger partial charge is 0.327 e. The third-order valence-electron chi connectivity index (χ3n) is 4.31. The first-order valence-corrected chi connectivity index (χ1v) is 7.53. The van der Waals surface area contributed by atoms with E-state index in [0.29, 0.717) is 17.9 Å². The second kappa shape index (κ2) is 6.23. The van der Waals surface area contributed by atoms with Crippen molar-refractivity contribution in [2.24, 2.45) is 23.5 Å². The first kappa shape index (κ1) is 14.8. The van der Waals surface area contributed by atoms with Crippen molar-refractivity contribution in [2.45, 2.75) is 45.6 Å². The Hall–Kier alpha value is -0.600. The van der Waals surface area contributed by atoms with Gasteiger partial charge in [-0.15, -0.1) is 0 Å². The number of hydrogen-bond donors (Lipinski definition) is 1. The summed E-state index contributed by atoms with van der Waals surface area (Å²) in [6.07, 6.45) is 4.19. The molecule has 2 N–H and O–H groups in total. The number of benzene rings is 1. The maximum Gasteiger partial charge on any atom is 0.145 e. The van der Waals surface area contributed by atoms with Crippen LogP contribution in [0.5, 0.6) is 0 Å². The van der Waals surface area contributed by atoms with Crippen LogP contribution < -0.4 is 5.73 Å². The van der Waals surface area contributed by atoms with Gasteiger partial charge in [-0.2, -0.15) is 0 Å². The molecule has 1 nitrogen and oxygen atoms in total. The van der Waals surface area contributed by atoms with E-state index >= 15 is 0 Å². The van der Waals surface area contributed by atoms with E-state index < -0.39 is 0 Å². The highest BCUT2D eigenvalue weighted by Crippen LogP contribution is 2.35. The highest BCUT2D eigenvalue weighted by Gasteiger charge is 2.28. The first-order valence-electron chi connectivity index (χ1n) is 7.15. The van der Waals surface area contributed by atoms with Crippen molar-refractivity contribution in [1.29, 1.82) is 0 Å². The molecule has 1 aromatic carbocycles. The average molecular weight is 284 g/mol. The van der Waals surface area contributed by atoms with Gasteiger partial charge in [0.1, 0.15) is 5.82 Å². The molecule has 0 heterocycles. The molecule has 106 valence electrons. The molecular formula is C16H23ClFN. The molecule has 1 saturated carbocycles. The molecule has 0 saturated heterocycles. The van der Waals surface area contributed by atoms with E-state index in [-0.39, 0.29) is 16.9 Å². The summed E-state index contributed by atoms with van der Waals surface area (Å²) in [6, 6.07) is 5.19. The maximum atomic E-state index is 13.9. The zero-order valence-electron chi connectivity index (χ0n) is 11.7. The maximum absolute atomic E-state index is 13.9. The van der Waals surface area contributed by atoms with Crippen LogP contribution in [-0.4, -0.2) is 6.04 Å². The molecule has 0 radical (unpaired) electrons. The van der Waals surface area contributed by atoms with E-state index in [1.54, 1.807) is 18.2 Å². The summed E-state index contributed by atoms with van der Waals surface area (Å²) < 4.78 is 13.9. The van der Waals surface area contributed by atoms with Crippen LogP contribution in [0.4, 0.5) is 4.39 Å². The molecular weight excluding hydrogens is 261 g/mol. The molecule has 1 aromatic rings. The van der Waals surface area contributed by atoms with Crippen molar-refractivity contribution in [3.8, 4) is 0 Å². The summed E-state index contributed by atoms with van der Waals surface area (Å²) in [5, 5.41) is 0.190. The third kappa shape index (κ3) is 3.70. The van der Waals surface area contributed by atoms with Crippen LogP contribution in [0.25, 0.3) is 0 Å². The van der Waals surface area contributed by atoms with Crippen molar-refractivity contribution in [3.05, 3.63) is 34.6 Å². The summed E-state index contributed by atoms with van der Waals surface area (Å²) >= 11 is 5.81. The minimum atomic E-state index is -0.309. The van der Waals surface area contributed by atoms with Crippen molar-refractivity contribution in [1.82, 2.24) is 0 Å². The van der Waals surface area contributed by atoms with Gasteiger partial charge in [0, 0.05) is 6.04 Å². The topological polar surface area (TPSA) is 26.0 Å². The summed E-state index contributed by atoms with van der Waals surface area (Å²) in [6.45, 7) is 4.57. The van der Waals surface area contributed by atoms with Crippen molar-refractivity contribution < 1.29 is 4.39 Å². The number of nitrogens with two attached hydrogens (primary N) is 1. The highest BCUT2D eigenvalue weighted by atomic mass is 35.5. The molecule has 1 aliphatic carbocycles. The Balaban J connectivity index is 2.04. The molecule has 0 aromatic heterocycles. The van der Waals surface area contributed by atoms with Gasteiger partial charge in [0.05, 0.1) is 5.02 Å². The third-order valence-corrected chi connectivity index (χ3v) is 4.60. The van der Waals surface area contributed by atoms with E-state index in [1.165, 1.54) is 6.42 Å². The molecule has 3 unspecified atom stereocenters. The van der Waals surface area contributed by atoms with Crippen LogP contribution in [-0.2, 0) is 6.42 Å². The minimum absolute atomic E-state index is 0.0261. The lowest BCUT2D eigenvalue weighted by molar-refractivity contribution is 0.192. The summed E-state index contributed by atoms with van der Waals surface area (Å²) in [5.74, 6) is 1.64. The summed E-state index contributed by atoms with van der Waals surface area (Å²) in [7, 11) is 0. The SMILES string of the molecule is CC1CC(C)CC(C(N)Cc2cccc(Cl)c2F)C1. The molecule has 2 rings (SSSR count). The number of rotatable bonds is 3. The molecule has 0 aliphatic heterocycles. The van der Waals surface area contributed by atoms with Crippen LogP contribution >= 0.6 is 11.6 Å². The highest BCUT2D eigenvalue weighted by molar-refractivity contribution is 6.30. The Bertz CT molecular complexity index is 425. The van der Waals surface area contributed by atoms with E-state index in [2.05, 4.69) is 13.8 Å². The summed E-state index contributed by atoms with van der Waals surface area (Å²) in [5.41, 5.74) is 6.96. The van der Waals surface area contributed by atoms with Crippen LogP contribution in [0.1, 0.15) is 38.7 Å². The van der Waals surface area contributed by atoms with E-state index in [9.17, 15) is 4.39 Å². The van der Waals surface area contributed by atoms with Gasteiger partial charge in [0.25, 0.3) is 0 Å². The van der Waals surface area contributed by atoms with Gasteiger partial charge < -0.3 is 5.73 Å². The molecule has 0 spiro atoms. The van der Waals surface area contributed by atoms with E-state index in [0.717, 1.165) is 24.7 Å². The molecule has 3 heteroatoms. The predicted octanol–water partition coefficient (Wildman–Crippen LogP) is 4.42. The molecule has 3 atom stereocenters. The lowest BCUT2D eigenvalue weighted by Gasteiger charge is -2.35. The van der Waals surface area contributed by atoms with Gasteiger partial charge in [0.15, 0.2) is 0 Å². The zero-order valence-corrected chi connectivity index (χ0v) is 12.5. The Morgan fingerprint density at radius 3 is 2.53 bits per heavy atom. The Kier molecular flexibility index (Phi) is 4.86. The van der Waals surface area contributed by atoms with Crippen LogP contribution in [0.2, 0.25) is 5.02 Å². The summed E-state index contributed by atoms with van der Waals surface area (Å²) in [4.78, 5) is 0. The molecule has 1 fully saturated rings. The lowest BCUT2D eigenvalue weighted by atomic mass is 9.73. The van der Waals surface area contributed by atoms with Crippen LogP contribution in [0, 0.1) is 23.6 Å². The monoisotopic (exact) mass is 283 g/mol. The lowest BCUT2D eigenvalue weighted by Crippen LogP contribution is -2.37. The van der Waals surface area contributed by atoms with Gasteiger partial charge in [0.2, 0.25) is 0 Å². The molecule has 0 bridgehead atoms. The van der Waals surface area contributed by atoms with Gasteiger partial charge in [-0.3, -0.25) is 0 Å². The molecule has 0 amide bonds. The minimum Gasteiger partial charge on any atom is -0.327 e. The average Bonchev–Trinajstić information content (AvgIpc) is 2.33. The Morgan fingerprint density at radius 1 is 1.26 bits per heavy atom. The van der Waals surface area contributed by atoms with Gasteiger partial charge >= 0.3 is 0 Å². The fourth-order valence-electron chi connectivity index (χ4n) is 3.49. The normalized spacial score (nSPS) is 29.2. The second-order valence-corrected chi connectivity index (χ2v) is 6.67. The Morgan fingerprint density at radius 2 is 1.89 bits per heavy atom. The fraction of sp³-hybridized carbons (Fsp3) is 0.625. The zero-order chi connectivity index (χ0) is 14.0. The van der Waals surface area contributed by atoms with Gasteiger partial charge in [-0.05, 0) is 55.1 Å². The fourth-order valence-corrected chi connectivity index (χ4v) is 3.68. The Labute approximate surface area is 120 Å². The van der Waals surface area contributed by atoms with Gasteiger partial charge in [-0.1, -0.05) is 37.6 Å². The van der Waals surface area contributed by atoms with Crippen molar-refractivity contribution in [3.63, 3.8) is 0 Å². The standard InChI is InChI=1S/C16H23ClFN/c1-10-6-11(2)8-13(7-10)15(19)9-12-4-3-5-14(17)16(12)18/h3-5,10-11,13,15H,6-9,19H2,1-2H3. The first-order chi connectivity index (χ1) is 8.97.